The fourth-order valence-corrected chi connectivity index (χ4v) is 2.81. The molecule has 0 saturated carbocycles. The molecule has 0 unspecified atom stereocenters. The summed E-state index contributed by atoms with van der Waals surface area (Å²) >= 11 is 3.08. The Kier molecular flexibility index (Phi) is 4.97. The third-order valence-electron chi connectivity index (χ3n) is 2.23. The van der Waals surface area contributed by atoms with Crippen molar-refractivity contribution in [3.63, 3.8) is 0 Å². The summed E-state index contributed by atoms with van der Waals surface area (Å²) in [5.41, 5.74) is 1.32. The molecule has 1 aromatic carbocycles. The number of benzene rings is 1. The molecule has 1 aromatic heterocycles. The lowest BCUT2D eigenvalue weighted by molar-refractivity contribution is 0.675. The van der Waals surface area contributed by atoms with Crippen molar-refractivity contribution in [3.8, 4) is 0 Å². The molecule has 0 atom stereocenters. The van der Waals surface area contributed by atoms with E-state index in [9.17, 15) is 0 Å². The largest absolute Gasteiger partial charge is 0.313 e. The summed E-state index contributed by atoms with van der Waals surface area (Å²) in [6.45, 7) is 4.19. The van der Waals surface area contributed by atoms with Crippen molar-refractivity contribution in [3.05, 3.63) is 36.2 Å². The molecule has 90 valence electrons. The summed E-state index contributed by atoms with van der Waals surface area (Å²) in [5, 5.41) is 3.39. The van der Waals surface area contributed by atoms with Crippen LogP contribution < -0.4 is 5.32 Å². The monoisotopic (exact) mass is 265 g/mol. The Morgan fingerprint density at radius 2 is 2.12 bits per heavy atom. The van der Waals surface area contributed by atoms with Gasteiger partial charge in [-0.1, -0.05) is 30.8 Å². The van der Waals surface area contributed by atoms with E-state index in [1.54, 1.807) is 18.1 Å². The van der Waals surface area contributed by atoms with Crippen LogP contribution in [0.4, 0.5) is 0 Å². The van der Waals surface area contributed by atoms with E-state index in [0.29, 0.717) is 0 Å². The molecule has 1 N–H and O–H groups in total. The molecule has 0 aliphatic carbocycles. The summed E-state index contributed by atoms with van der Waals surface area (Å²) in [5.74, 6) is 0. The third-order valence-corrected chi connectivity index (χ3v) is 3.95. The molecule has 2 aromatic rings. The molecule has 0 saturated heterocycles. The van der Waals surface area contributed by atoms with Gasteiger partial charge in [-0.3, -0.25) is 0 Å². The Labute approximate surface area is 110 Å². The van der Waals surface area contributed by atoms with Gasteiger partial charge in [-0.05, 0) is 42.2 Å². The predicted molar refractivity (Wildman–Crippen MR) is 72.5 cm³/mol. The van der Waals surface area contributed by atoms with E-state index in [1.807, 2.05) is 0 Å². The molecule has 0 aliphatic heterocycles. The number of aromatic nitrogens is 2. The van der Waals surface area contributed by atoms with Crippen LogP contribution in [0.15, 0.2) is 39.8 Å². The number of nitrogens with zero attached hydrogens (tertiary/aromatic N) is 2. The van der Waals surface area contributed by atoms with Crippen molar-refractivity contribution >= 4 is 23.3 Å². The van der Waals surface area contributed by atoms with Crippen LogP contribution in [0.25, 0.3) is 0 Å². The molecule has 0 bridgehead atoms. The zero-order valence-electron chi connectivity index (χ0n) is 9.72. The average molecular weight is 265 g/mol. The molecule has 0 spiro atoms. The van der Waals surface area contributed by atoms with Gasteiger partial charge in [0, 0.05) is 11.4 Å². The first kappa shape index (κ1) is 12.5. The van der Waals surface area contributed by atoms with Gasteiger partial charge >= 0.3 is 0 Å². The van der Waals surface area contributed by atoms with Crippen LogP contribution >= 0.6 is 23.3 Å². The minimum atomic E-state index is 0.942. The van der Waals surface area contributed by atoms with Crippen molar-refractivity contribution < 1.29 is 0 Å². The van der Waals surface area contributed by atoms with Crippen molar-refractivity contribution in [2.24, 2.45) is 0 Å². The Bertz CT molecular complexity index is 426. The molecule has 0 radical (unpaired) electrons. The lowest BCUT2D eigenvalue weighted by atomic mass is 10.2. The average Bonchev–Trinajstić information content (AvgIpc) is 2.85. The van der Waals surface area contributed by atoms with Gasteiger partial charge in [0.2, 0.25) is 0 Å². The topological polar surface area (TPSA) is 37.8 Å². The SMILES string of the molecule is CCCNCc1ccc(Sc2ncns2)cc1. The highest BCUT2D eigenvalue weighted by Crippen LogP contribution is 2.27. The Hall–Kier alpha value is -0.910. The van der Waals surface area contributed by atoms with E-state index in [2.05, 4.69) is 45.9 Å². The van der Waals surface area contributed by atoms with Gasteiger partial charge in [-0.15, -0.1) is 0 Å². The molecule has 0 fully saturated rings. The van der Waals surface area contributed by atoms with Gasteiger partial charge in [-0.2, -0.15) is 4.37 Å². The first-order valence-electron chi connectivity index (χ1n) is 5.62. The maximum absolute atomic E-state index is 4.15. The number of hydrogen-bond acceptors (Lipinski definition) is 5. The minimum Gasteiger partial charge on any atom is -0.313 e. The predicted octanol–water partition coefficient (Wildman–Crippen LogP) is 3.19. The molecule has 2 rings (SSSR count). The highest BCUT2D eigenvalue weighted by molar-refractivity contribution is 8.01. The highest BCUT2D eigenvalue weighted by Gasteiger charge is 2.00. The summed E-state index contributed by atoms with van der Waals surface area (Å²) in [6, 6.07) is 8.59. The van der Waals surface area contributed by atoms with E-state index in [-0.39, 0.29) is 0 Å². The number of rotatable bonds is 6. The van der Waals surface area contributed by atoms with Crippen LogP contribution in [0.3, 0.4) is 0 Å². The van der Waals surface area contributed by atoms with Crippen molar-refractivity contribution in [2.45, 2.75) is 29.1 Å². The standard InChI is InChI=1S/C12H15N3S2/c1-2-7-13-8-10-3-5-11(6-4-10)16-12-14-9-15-17-12/h3-6,9,13H,2,7-8H2,1H3. The first-order valence-corrected chi connectivity index (χ1v) is 7.21. The second kappa shape index (κ2) is 6.74. The Morgan fingerprint density at radius 1 is 1.29 bits per heavy atom. The van der Waals surface area contributed by atoms with Crippen molar-refractivity contribution in [1.82, 2.24) is 14.7 Å². The molecular weight excluding hydrogens is 250 g/mol. The molecule has 5 heteroatoms. The molecule has 1 heterocycles. The Balaban J connectivity index is 1.89. The van der Waals surface area contributed by atoms with E-state index < -0.39 is 0 Å². The number of hydrogen-bond donors (Lipinski definition) is 1. The van der Waals surface area contributed by atoms with Crippen molar-refractivity contribution in [2.75, 3.05) is 6.54 Å². The zero-order valence-corrected chi connectivity index (χ0v) is 11.4. The fraction of sp³-hybridized carbons (Fsp3) is 0.333. The highest BCUT2D eigenvalue weighted by atomic mass is 32.2. The second-order valence-corrected chi connectivity index (χ2v) is 5.73. The van der Waals surface area contributed by atoms with Gasteiger partial charge < -0.3 is 5.32 Å². The number of nitrogens with one attached hydrogen (secondary N) is 1. The minimum absolute atomic E-state index is 0.942. The van der Waals surface area contributed by atoms with Crippen LogP contribution in [0.5, 0.6) is 0 Å². The molecule has 3 nitrogen and oxygen atoms in total. The van der Waals surface area contributed by atoms with Gasteiger partial charge in [0.1, 0.15) is 6.33 Å². The van der Waals surface area contributed by atoms with E-state index in [0.717, 1.165) is 17.4 Å². The summed E-state index contributed by atoms with van der Waals surface area (Å²) in [4.78, 5) is 5.36. The van der Waals surface area contributed by atoms with Gasteiger partial charge in [-0.25, -0.2) is 4.98 Å². The normalized spacial score (nSPS) is 10.6. The molecular formula is C12H15N3S2. The van der Waals surface area contributed by atoms with Gasteiger partial charge in [0.05, 0.1) is 0 Å². The van der Waals surface area contributed by atoms with Gasteiger partial charge in [0.15, 0.2) is 4.34 Å². The van der Waals surface area contributed by atoms with Crippen LogP contribution in [0.2, 0.25) is 0 Å². The molecule has 0 aliphatic rings. The van der Waals surface area contributed by atoms with Crippen molar-refractivity contribution in [1.29, 1.82) is 0 Å². The zero-order chi connectivity index (χ0) is 11.9. The van der Waals surface area contributed by atoms with Crippen LogP contribution in [-0.2, 0) is 6.54 Å². The second-order valence-electron chi connectivity index (χ2n) is 3.63. The lowest BCUT2D eigenvalue weighted by Crippen LogP contribution is -2.13. The summed E-state index contributed by atoms with van der Waals surface area (Å²) in [7, 11) is 0. The maximum Gasteiger partial charge on any atom is 0.174 e. The Morgan fingerprint density at radius 3 is 2.76 bits per heavy atom. The quantitative estimate of drug-likeness (QED) is 0.814. The van der Waals surface area contributed by atoms with Crippen LogP contribution in [0, 0.1) is 0 Å². The lowest BCUT2D eigenvalue weighted by Gasteiger charge is -2.04. The maximum atomic E-state index is 4.15. The van der Waals surface area contributed by atoms with Crippen LogP contribution in [0.1, 0.15) is 18.9 Å². The molecule has 0 amide bonds. The molecule has 17 heavy (non-hydrogen) atoms. The summed E-state index contributed by atoms with van der Waals surface area (Å²) < 4.78 is 4.97. The first-order chi connectivity index (χ1) is 8.38. The van der Waals surface area contributed by atoms with Crippen LogP contribution in [-0.4, -0.2) is 15.9 Å². The smallest absolute Gasteiger partial charge is 0.174 e. The van der Waals surface area contributed by atoms with Gasteiger partial charge in [0.25, 0.3) is 0 Å². The fourth-order valence-electron chi connectivity index (χ4n) is 1.39. The third kappa shape index (κ3) is 4.11. The van der Waals surface area contributed by atoms with E-state index in [4.69, 9.17) is 0 Å². The summed E-state index contributed by atoms with van der Waals surface area (Å²) in [6.07, 6.45) is 2.76. The van der Waals surface area contributed by atoms with E-state index >= 15 is 0 Å². The van der Waals surface area contributed by atoms with E-state index in [1.165, 1.54) is 28.4 Å².